The van der Waals surface area contributed by atoms with Gasteiger partial charge < -0.3 is 10.6 Å². The molecule has 4 rings (SSSR count). The van der Waals surface area contributed by atoms with Crippen molar-refractivity contribution in [3.63, 3.8) is 0 Å². The van der Waals surface area contributed by atoms with E-state index in [2.05, 4.69) is 20.7 Å². The van der Waals surface area contributed by atoms with E-state index in [1.54, 1.807) is 16.6 Å². The molecule has 4 aromatic rings. The van der Waals surface area contributed by atoms with Crippen LogP contribution in [0.2, 0.25) is 5.02 Å². The van der Waals surface area contributed by atoms with Crippen molar-refractivity contribution in [2.45, 2.75) is 27.2 Å². The Labute approximate surface area is 194 Å². The Hall–Kier alpha value is -3.23. The second-order valence-corrected chi connectivity index (χ2v) is 8.87. The number of nitrogens with one attached hydrogen (secondary N) is 2. The van der Waals surface area contributed by atoms with Gasteiger partial charge in [0.05, 0.1) is 5.69 Å². The fourth-order valence-corrected chi connectivity index (χ4v) is 4.53. The Bertz CT molecular complexity index is 1290. The van der Waals surface area contributed by atoms with Gasteiger partial charge in [-0.25, -0.2) is 4.52 Å². The number of halogens is 1. The van der Waals surface area contributed by atoms with Gasteiger partial charge in [0.1, 0.15) is 0 Å². The molecule has 2 aromatic heterocycles. The summed E-state index contributed by atoms with van der Waals surface area (Å²) in [6.45, 7) is 6.12. The van der Waals surface area contributed by atoms with Crippen LogP contribution in [0.15, 0.2) is 41.8 Å². The van der Waals surface area contributed by atoms with Gasteiger partial charge in [0, 0.05) is 34.6 Å². The van der Waals surface area contributed by atoms with Gasteiger partial charge >= 0.3 is 11.8 Å². The molecular formula is C23H22ClN5O2S. The molecule has 0 aliphatic heterocycles. The monoisotopic (exact) mass is 467 g/mol. The van der Waals surface area contributed by atoms with Gasteiger partial charge in [-0.2, -0.15) is 4.98 Å². The molecule has 2 aromatic carbocycles. The highest BCUT2D eigenvalue weighted by molar-refractivity contribution is 7.15. The van der Waals surface area contributed by atoms with Gasteiger partial charge in [0.2, 0.25) is 4.96 Å². The lowest BCUT2D eigenvalue weighted by Crippen LogP contribution is -2.36. The van der Waals surface area contributed by atoms with Gasteiger partial charge in [0.25, 0.3) is 0 Å². The molecule has 32 heavy (non-hydrogen) atoms. The van der Waals surface area contributed by atoms with Crippen LogP contribution >= 0.6 is 22.9 Å². The minimum absolute atomic E-state index is 0.306. The van der Waals surface area contributed by atoms with Crippen LogP contribution in [-0.4, -0.2) is 33.0 Å². The average molecular weight is 468 g/mol. The number of anilines is 1. The highest BCUT2D eigenvalue weighted by Crippen LogP contribution is 2.23. The molecular weight excluding hydrogens is 446 g/mol. The van der Waals surface area contributed by atoms with Crippen LogP contribution in [-0.2, 0) is 16.0 Å². The van der Waals surface area contributed by atoms with Crippen LogP contribution in [0.25, 0.3) is 16.3 Å². The topological polar surface area (TPSA) is 88.4 Å². The Morgan fingerprint density at radius 2 is 1.75 bits per heavy atom. The summed E-state index contributed by atoms with van der Waals surface area (Å²) >= 11 is 7.42. The lowest BCUT2D eigenvalue weighted by atomic mass is 10.1. The summed E-state index contributed by atoms with van der Waals surface area (Å²) < 4.78 is 1.76. The Morgan fingerprint density at radius 1 is 1.06 bits per heavy atom. The van der Waals surface area contributed by atoms with E-state index < -0.39 is 11.8 Å². The third kappa shape index (κ3) is 4.66. The quantitative estimate of drug-likeness (QED) is 0.427. The number of thiazole rings is 1. The second-order valence-electron chi connectivity index (χ2n) is 7.60. The maximum Gasteiger partial charge on any atom is 0.313 e. The molecule has 0 spiro atoms. The van der Waals surface area contributed by atoms with Crippen molar-refractivity contribution in [2.75, 3.05) is 11.9 Å². The summed E-state index contributed by atoms with van der Waals surface area (Å²) in [5.41, 5.74) is 5.41. The molecule has 2 amide bonds. The number of nitrogens with zero attached hydrogens (tertiary/aromatic N) is 3. The average Bonchev–Trinajstić information content (AvgIpc) is 3.32. The first-order chi connectivity index (χ1) is 15.3. The van der Waals surface area contributed by atoms with Crippen molar-refractivity contribution >= 4 is 45.4 Å². The van der Waals surface area contributed by atoms with Crippen molar-refractivity contribution in [3.05, 3.63) is 69.2 Å². The fraction of sp³-hybridized carbons (Fsp3) is 0.217. The van der Waals surface area contributed by atoms with Crippen LogP contribution in [0, 0.1) is 20.8 Å². The molecule has 7 nitrogen and oxygen atoms in total. The van der Waals surface area contributed by atoms with E-state index in [4.69, 9.17) is 11.6 Å². The van der Waals surface area contributed by atoms with Crippen molar-refractivity contribution < 1.29 is 9.59 Å². The number of aryl methyl sites for hydroxylation is 3. The van der Waals surface area contributed by atoms with Crippen LogP contribution in [0.5, 0.6) is 0 Å². The molecule has 164 valence electrons. The maximum atomic E-state index is 12.3. The lowest BCUT2D eigenvalue weighted by Gasteiger charge is -2.12. The molecule has 0 bridgehead atoms. The van der Waals surface area contributed by atoms with E-state index >= 15 is 0 Å². The largest absolute Gasteiger partial charge is 0.347 e. The highest BCUT2D eigenvalue weighted by Gasteiger charge is 2.17. The summed E-state index contributed by atoms with van der Waals surface area (Å²) in [5, 5.41) is 12.6. The summed E-state index contributed by atoms with van der Waals surface area (Å²) in [7, 11) is 0. The van der Waals surface area contributed by atoms with Gasteiger partial charge in [-0.1, -0.05) is 29.3 Å². The Morgan fingerprint density at radius 3 is 2.44 bits per heavy atom. The number of aromatic nitrogens is 3. The number of hydrogen-bond donors (Lipinski definition) is 2. The lowest BCUT2D eigenvalue weighted by molar-refractivity contribution is -0.136. The molecule has 0 unspecified atom stereocenters. The zero-order valence-corrected chi connectivity index (χ0v) is 19.5. The molecule has 9 heteroatoms. The predicted molar refractivity (Wildman–Crippen MR) is 127 cm³/mol. The summed E-state index contributed by atoms with van der Waals surface area (Å²) in [6.07, 6.45) is 0.519. The van der Waals surface area contributed by atoms with Crippen LogP contribution < -0.4 is 10.6 Å². The van der Waals surface area contributed by atoms with Crippen molar-refractivity contribution in [3.8, 4) is 11.4 Å². The normalized spacial score (nSPS) is 11.0. The zero-order chi connectivity index (χ0) is 22.8. The molecule has 0 aliphatic rings. The van der Waals surface area contributed by atoms with Crippen LogP contribution in [0.4, 0.5) is 5.69 Å². The van der Waals surface area contributed by atoms with Gasteiger partial charge in [-0.15, -0.1) is 16.4 Å². The number of benzene rings is 2. The molecule has 2 heterocycles. The number of carbonyl (C=O) groups excluding carboxylic acids is 2. The van der Waals surface area contributed by atoms with E-state index in [0.29, 0.717) is 29.5 Å². The number of hydrogen-bond acceptors (Lipinski definition) is 5. The summed E-state index contributed by atoms with van der Waals surface area (Å²) in [4.78, 5) is 29.9. The van der Waals surface area contributed by atoms with Gasteiger partial charge in [-0.05, 0) is 56.2 Å². The van der Waals surface area contributed by atoms with Crippen molar-refractivity contribution in [1.29, 1.82) is 0 Å². The molecule has 0 saturated heterocycles. The van der Waals surface area contributed by atoms with Crippen molar-refractivity contribution in [1.82, 2.24) is 19.9 Å². The third-order valence-electron chi connectivity index (χ3n) is 5.04. The zero-order valence-electron chi connectivity index (χ0n) is 17.9. The first-order valence-corrected chi connectivity index (χ1v) is 11.3. The Kier molecular flexibility index (Phi) is 6.25. The fourth-order valence-electron chi connectivity index (χ4n) is 3.55. The van der Waals surface area contributed by atoms with E-state index in [0.717, 1.165) is 32.9 Å². The van der Waals surface area contributed by atoms with Crippen LogP contribution in [0.3, 0.4) is 0 Å². The smallest absolute Gasteiger partial charge is 0.313 e. The van der Waals surface area contributed by atoms with Gasteiger partial charge in [-0.3, -0.25) is 9.59 Å². The Balaban J connectivity index is 1.37. The van der Waals surface area contributed by atoms with E-state index in [9.17, 15) is 9.59 Å². The second kappa shape index (κ2) is 9.10. The van der Waals surface area contributed by atoms with E-state index in [1.807, 2.05) is 50.4 Å². The molecule has 0 radical (unpaired) electrons. The number of fused-ring (bicyclic) bond motifs is 1. The maximum absolute atomic E-state index is 12.3. The highest BCUT2D eigenvalue weighted by atomic mass is 35.5. The summed E-state index contributed by atoms with van der Waals surface area (Å²) in [5.74, 6) is -0.736. The molecule has 0 saturated carbocycles. The van der Waals surface area contributed by atoms with E-state index in [1.165, 1.54) is 11.3 Å². The third-order valence-corrected chi connectivity index (χ3v) is 6.16. The number of carbonyl (C=O) groups is 2. The SMILES string of the molecule is Cc1cc(C)c(NC(=O)C(=O)NCCc2csc3nc(-c4ccc(Cl)cc4)nn23)c(C)c1. The standard InChI is InChI=1S/C23H22ClN5O2S/c1-13-10-14(2)19(15(3)11-13)26-22(31)21(30)25-9-8-18-12-32-23-27-20(28-29(18)23)16-4-6-17(24)7-5-16/h4-7,10-12H,8-9H2,1-3H3,(H,25,30)(H,26,31). The van der Waals surface area contributed by atoms with Gasteiger partial charge in [0.15, 0.2) is 5.82 Å². The first kappa shape index (κ1) is 22.0. The molecule has 0 aliphatic carbocycles. The molecule has 2 N–H and O–H groups in total. The van der Waals surface area contributed by atoms with Crippen molar-refractivity contribution in [2.24, 2.45) is 0 Å². The predicted octanol–water partition coefficient (Wildman–Crippen LogP) is 4.33. The first-order valence-electron chi connectivity index (χ1n) is 10.1. The minimum Gasteiger partial charge on any atom is -0.347 e. The molecule has 0 atom stereocenters. The summed E-state index contributed by atoms with van der Waals surface area (Å²) in [6, 6.07) is 11.3. The molecule has 0 fully saturated rings. The number of rotatable bonds is 5. The van der Waals surface area contributed by atoms with E-state index in [-0.39, 0.29) is 0 Å². The number of amides is 2. The minimum atomic E-state index is -0.679. The van der Waals surface area contributed by atoms with Crippen LogP contribution in [0.1, 0.15) is 22.4 Å².